The third kappa shape index (κ3) is 4.67. The van der Waals surface area contributed by atoms with Crippen LogP contribution in [0.4, 0.5) is 0 Å². The van der Waals surface area contributed by atoms with Gasteiger partial charge in [-0.1, -0.05) is 38.1 Å². The van der Waals surface area contributed by atoms with Crippen LogP contribution in [-0.4, -0.2) is 23.2 Å². The summed E-state index contributed by atoms with van der Waals surface area (Å²) in [6.07, 6.45) is 3.41. The van der Waals surface area contributed by atoms with Gasteiger partial charge in [0.1, 0.15) is 5.75 Å². The fourth-order valence-corrected chi connectivity index (χ4v) is 2.60. The molecule has 0 saturated carbocycles. The highest BCUT2D eigenvalue weighted by atomic mass is 16.5. The van der Waals surface area contributed by atoms with Gasteiger partial charge < -0.3 is 4.74 Å². The molecule has 0 N–H and O–H groups in total. The second-order valence-electron chi connectivity index (χ2n) is 6.71. The number of aromatic nitrogens is 1. The van der Waals surface area contributed by atoms with Crippen LogP contribution in [0, 0.1) is 5.92 Å². The summed E-state index contributed by atoms with van der Waals surface area (Å²) < 4.78 is 5.61. The summed E-state index contributed by atoms with van der Waals surface area (Å²) in [6.45, 7) is 4.74. The number of ketones is 2. The summed E-state index contributed by atoms with van der Waals surface area (Å²) in [6, 6.07) is 17.5. The lowest BCUT2D eigenvalue weighted by Gasteiger charge is -2.09. The number of hydrogen-bond acceptors (Lipinski definition) is 4. The van der Waals surface area contributed by atoms with Crippen molar-refractivity contribution in [2.24, 2.45) is 5.92 Å². The maximum atomic E-state index is 12.6. The van der Waals surface area contributed by atoms with Crippen LogP contribution in [-0.2, 0) is 0 Å². The molecule has 0 unspecified atom stereocenters. The average molecular weight is 359 g/mol. The van der Waals surface area contributed by atoms with Crippen LogP contribution in [0.5, 0.6) is 5.75 Å². The second kappa shape index (κ2) is 8.41. The van der Waals surface area contributed by atoms with Crippen LogP contribution in [0.15, 0.2) is 73.1 Å². The zero-order valence-corrected chi connectivity index (χ0v) is 15.4. The summed E-state index contributed by atoms with van der Waals surface area (Å²) in [4.78, 5) is 29.3. The fraction of sp³-hybridized carbons (Fsp3) is 0.174. The molecule has 1 aromatic heterocycles. The Bertz CT molecular complexity index is 931. The molecule has 3 rings (SSSR count). The van der Waals surface area contributed by atoms with Crippen molar-refractivity contribution < 1.29 is 14.3 Å². The number of ether oxygens (including phenoxy) is 1. The fourth-order valence-electron chi connectivity index (χ4n) is 2.60. The van der Waals surface area contributed by atoms with Gasteiger partial charge in [0.25, 0.3) is 0 Å². The predicted molar refractivity (Wildman–Crippen MR) is 105 cm³/mol. The molecule has 0 spiro atoms. The van der Waals surface area contributed by atoms with Crippen molar-refractivity contribution in [2.45, 2.75) is 13.8 Å². The molecule has 0 bridgehead atoms. The van der Waals surface area contributed by atoms with E-state index in [9.17, 15) is 9.59 Å². The van der Waals surface area contributed by atoms with E-state index in [2.05, 4.69) is 18.8 Å². The van der Waals surface area contributed by atoms with Gasteiger partial charge in [0.15, 0.2) is 0 Å². The Hall–Kier alpha value is -3.27. The molecule has 2 aromatic carbocycles. The number of carbonyl (C=O) groups is 2. The number of nitrogens with zero attached hydrogens (tertiary/aromatic N) is 1. The molecule has 0 aliphatic rings. The normalized spacial score (nSPS) is 10.6. The molecule has 3 aromatic rings. The van der Waals surface area contributed by atoms with E-state index >= 15 is 0 Å². The largest absolute Gasteiger partial charge is 0.493 e. The highest BCUT2D eigenvalue weighted by Crippen LogP contribution is 2.21. The van der Waals surface area contributed by atoms with Crippen molar-refractivity contribution in [3.8, 4) is 16.9 Å². The number of Topliss-reactive ketones (excluding diaryl/α,β-unsaturated/α-hetero) is 2. The van der Waals surface area contributed by atoms with Gasteiger partial charge in [-0.3, -0.25) is 14.6 Å². The van der Waals surface area contributed by atoms with Crippen LogP contribution >= 0.6 is 0 Å². The van der Waals surface area contributed by atoms with E-state index in [1.807, 2.05) is 18.2 Å². The van der Waals surface area contributed by atoms with Crippen molar-refractivity contribution in [3.05, 3.63) is 84.2 Å². The summed E-state index contributed by atoms with van der Waals surface area (Å²) in [5.41, 5.74) is 2.45. The molecule has 0 aliphatic heterocycles. The molecule has 27 heavy (non-hydrogen) atoms. The Morgan fingerprint density at radius 2 is 1.59 bits per heavy atom. The van der Waals surface area contributed by atoms with Gasteiger partial charge in [-0.2, -0.15) is 0 Å². The Kier molecular flexibility index (Phi) is 5.77. The summed E-state index contributed by atoms with van der Waals surface area (Å²) in [7, 11) is 0. The standard InChI is InChI=1S/C23H21NO3/c1-16(2)15-27-21-10-8-17(9-11-21)22(25)23(26)19-6-3-5-18(13-19)20-7-4-12-24-14-20/h3-14,16H,15H2,1-2H3. The van der Waals surface area contributed by atoms with Crippen molar-refractivity contribution in [1.29, 1.82) is 0 Å². The van der Waals surface area contributed by atoms with Crippen LogP contribution in [0.3, 0.4) is 0 Å². The van der Waals surface area contributed by atoms with Crippen molar-refractivity contribution in [1.82, 2.24) is 4.98 Å². The Morgan fingerprint density at radius 3 is 2.26 bits per heavy atom. The van der Waals surface area contributed by atoms with Crippen LogP contribution in [0.25, 0.3) is 11.1 Å². The smallest absolute Gasteiger partial charge is 0.233 e. The van der Waals surface area contributed by atoms with Crippen molar-refractivity contribution in [2.75, 3.05) is 6.61 Å². The van der Waals surface area contributed by atoms with Gasteiger partial charge in [-0.15, -0.1) is 0 Å². The van der Waals surface area contributed by atoms with Crippen LogP contribution in [0.1, 0.15) is 34.6 Å². The molecule has 0 saturated heterocycles. The minimum absolute atomic E-state index is 0.351. The summed E-state index contributed by atoms with van der Waals surface area (Å²) >= 11 is 0. The van der Waals surface area contributed by atoms with Crippen LogP contribution in [0.2, 0.25) is 0 Å². The number of rotatable bonds is 7. The minimum atomic E-state index is -0.534. The van der Waals surface area contributed by atoms with Crippen molar-refractivity contribution in [3.63, 3.8) is 0 Å². The predicted octanol–water partition coefficient (Wildman–Crippen LogP) is 4.85. The molecule has 0 amide bonds. The maximum Gasteiger partial charge on any atom is 0.233 e. The number of carbonyl (C=O) groups excluding carboxylic acids is 2. The lowest BCUT2D eigenvalue weighted by Crippen LogP contribution is -2.14. The molecule has 4 heteroatoms. The van der Waals surface area contributed by atoms with Gasteiger partial charge in [-0.25, -0.2) is 0 Å². The quantitative estimate of drug-likeness (QED) is 0.447. The van der Waals surface area contributed by atoms with Gasteiger partial charge in [0.05, 0.1) is 6.61 Å². The van der Waals surface area contributed by atoms with Gasteiger partial charge in [0.2, 0.25) is 11.6 Å². The molecule has 1 heterocycles. The van der Waals surface area contributed by atoms with Crippen LogP contribution < -0.4 is 4.74 Å². The first-order chi connectivity index (χ1) is 13.0. The lowest BCUT2D eigenvalue weighted by molar-refractivity contribution is 0.0817. The van der Waals surface area contributed by atoms with Gasteiger partial charge in [0, 0.05) is 29.1 Å². The highest BCUT2D eigenvalue weighted by molar-refractivity contribution is 6.49. The molecule has 4 nitrogen and oxygen atoms in total. The van der Waals surface area contributed by atoms with E-state index in [0.717, 1.165) is 11.1 Å². The molecular weight excluding hydrogens is 338 g/mol. The summed E-state index contributed by atoms with van der Waals surface area (Å²) in [5.74, 6) is 0.0385. The third-order valence-electron chi connectivity index (χ3n) is 4.03. The zero-order valence-electron chi connectivity index (χ0n) is 15.4. The molecule has 0 aliphatic carbocycles. The minimum Gasteiger partial charge on any atom is -0.493 e. The van der Waals surface area contributed by atoms with Gasteiger partial charge in [-0.05, 0) is 47.9 Å². The SMILES string of the molecule is CC(C)COc1ccc(C(=O)C(=O)c2cccc(-c3cccnc3)c2)cc1. The topological polar surface area (TPSA) is 56.3 Å². The lowest BCUT2D eigenvalue weighted by atomic mass is 9.98. The molecule has 0 atom stereocenters. The molecule has 0 fully saturated rings. The zero-order chi connectivity index (χ0) is 19.2. The number of hydrogen-bond donors (Lipinski definition) is 0. The number of pyridine rings is 1. The third-order valence-corrected chi connectivity index (χ3v) is 4.03. The Balaban J connectivity index is 1.77. The maximum absolute atomic E-state index is 12.6. The highest BCUT2D eigenvalue weighted by Gasteiger charge is 2.19. The van der Waals surface area contributed by atoms with Crippen molar-refractivity contribution >= 4 is 11.6 Å². The first-order valence-corrected chi connectivity index (χ1v) is 8.87. The van der Waals surface area contributed by atoms with E-state index in [4.69, 9.17) is 4.74 Å². The first kappa shape index (κ1) is 18.5. The number of benzene rings is 2. The second-order valence-corrected chi connectivity index (χ2v) is 6.71. The van der Waals surface area contributed by atoms with E-state index in [-0.39, 0.29) is 0 Å². The van der Waals surface area contributed by atoms with E-state index in [1.165, 1.54) is 0 Å². The molecular formula is C23H21NO3. The average Bonchev–Trinajstić information content (AvgIpc) is 2.72. The van der Waals surface area contributed by atoms with E-state index in [1.54, 1.807) is 54.9 Å². The molecule has 0 radical (unpaired) electrons. The van der Waals surface area contributed by atoms with E-state index < -0.39 is 11.6 Å². The van der Waals surface area contributed by atoms with Gasteiger partial charge >= 0.3 is 0 Å². The molecule has 136 valence electrons. The Labute approximate surface area is 158 Å². The monoisotopic (exact) mass is 359 g/mol. The summed E-state index contributed by atoms with van der Waals surface area (Å²) in [5, 5.41) is 0. The van der Waals surface area contributed by atoms with E-state index in [0.29, 0.717) is 29.4 Å². The first-order valence-electron chi connectivity index (χ1n) is 8.87. The Morgan fingerprint density at radius 1 is 0.889 bits per heavy atom.